The van der Waals surface area contributed by atoms with Gasteiger partial charge < -0.3 is 4.74 Å². The topological polar surface area (TPSA) is 107 Å². The average molecular weight is 461 g/mol. The van der Waals surface area contributed by atoms with Crippen molar-refractivity contribution < 1.29 is 27.3 Å². The van der Waals surface area contributed by atoms with Gasteiger partial charge in [-0.05, 0) is 37.3 Å². The number of nitro benzene ring substituents is 1. The van der Waals surface area contributed by atoms with E-state index in [2.05, 4.69) is 15.9 Å². The van der Waals surface area contributed by atoms with E-state index in [9.17, 15) is 27.7 Å². The molecule has 11 heteroatoms. The quantitative estimate of drug-likeness (QED) is 0.356. The first-order valence-electron chi connectivity index (χ1n) is 7.54. The minimum Gasteiger partial charge on any atom is -0.465 e. The van der Waals surface area contributed by atoms with Crippen LogP contribution < -0.4 is 4.31 Å². The van der Waals surface area contributed by atoms with Crippen molar-refractivity contribution in [2.24, 2.45) is 0 Å². The molecule has 0 atom stereocenters. The number of anilines is 1. The van der Waals surface area contributed by atoms with E-state index >= 15 is 0 Å². The number of sulfonamides is 1. The molecule has 0 fully saturated rings. The Morgan fingerprint density at radius 1 is 1.26 bits per heavy atom. The van der Waals surface area contributed by atoms with E-state index in [4.69, 9.17) is 4.74 Å². The number of ether oxygens (including phenoxy) is 1. The van der Waals surface area contributed by atoms with E-state index < -0.39 is 33.3 Å². The second-order valence-electron chi connectivity index (χ2n) is 5.16. The second-order valence-corrected chi connectivity index (χ2v) is 7.94. The van der Waals surface area contributed by atoms with E-state index in [-0.39, 0.29) is 22.9 Å². The van der Waals surface area contributed by atoms with Gasteiger partial charge in [-0.3, -0.25) is 19.2 Å². The molecule has 0 N–H and O–H groups in total. The molecule has 0 saturated carbocycles. The largest absolute Gasteiger partial charge is 0.465 e. The smallest absolute Gasteiger partial charge is 0.326 e. The molecule has 0 bridgehead atoms. The molecule has 2 rings (SSSR count). The third-order valence-electron chi connectivity index (χ3n) is 3.39. The summed E-state index contributed by atoms with van der Waals surface area (Å²) in [4.78, 5) is 21.6. The Morgan fingerprint density at radius 2 is 1.89 bits per heavy atom. The van der Waals surface area contributed by atoms with E-state index in [0.717, 1.165) is 30.3 Å². The molecule has 0 aromatic heterocycles. The fraction of sp³-hybridized carbons (Fsp3) is 0.188. The highest BCUT2D eigenvalue weighted by Gasteiger charge is 2.30. The molecular weight excluding hydrogens is 447 g/mol. The summed E-state index contributed by atoms with van der Waals surface area (Å²) in [5.41, 5.74) is -0.662. The zero-order valence-corrected chi connectivity index (χ0v) is 16.4. The number of rotatable bonds is 7. The number of nitro groups is 1. The highest BCUT2D eigenvalue weighted by atomic mass is 79.9. The maximum absolute atomic E-state index is 14.4. The van der Waals surface area contributed by atoms with Gasteiger partial charge in [0, 0.05) is 16.6 Å². The van der Waals surface area contributed by atoms with Gasteiger partial charge in [-0.25, -0.2) is 12.8 Å². The zero-order chi connectivity index (χ0) is 20.2. The van der Waals surface area contributed by atoms with Crippen molar-refractivity contribution in [2.75, 3.05) is 17.5 Å². The van der Waals surface area contributed by atoms with Crippen LogP contribution in [0, 0.1) is 15.9 Å². The summed E-state index contributed by atoms with van der Waals surface area (Å²) in [7, 11) is -4.39. The van der Waals surface area contributed by atoms with Crippen molar-refractivity contribution in [3.8, 4) is 0 Å². The fourth-order valence-corrected chi connectivity index (χ4v) is 3.92. The van der Waals surface area contributed by atoms with Gasteiger partial charge in [0.1, 0.15) is 12.4 Å². The Morgan fingerprint density at radius 3 is 2.41 bits per heavy atom. The van der Waals surface area contributed by atoms with Crippen molar-refractivity contribution in [3.05, 3.63) is 62.9 Å². The van der Waals surface area contributed by atoms with Crippen LogP contribution >= 0.6 is 15.9 Å². The van der Waals surface area contributed by atoms with Gasteiger partial charge >= 0.3 is 5.97 Å². The molecule has 0 heterocycles. The van der Waals surface area contributed by atoms with Gasteiger partial charge in [-0.2, -0.15) is 0 Å². The van der Waals surface area contributed by atoms with Crippen LogP contribution in [0.4, 0.5) is 15.8 Å². The van der Waals surface area contributed by atoms with Gasteiger partial charge in [-0.15, -0.1) is 0 Å². The molecule has 8 nitrogen and oxygen atoms in total. The summed E-state index contributed by atoms with van der Waals surface area (Å²) in [5.74, 6) is -1.75. The summed E-state index contributed by atoms with van der Waals surface area (Å²) in [6.45, 7) is 0.812. The Hall–Kier alpha value is -2.53. The molecule has 27 heavy (non-hydrogen) atoms. The Balaban J connectivity index is 2.53. The van der Waals surface area contributed by atoms with Gasteiger partial charge in [0.25, 0.3) is 15.7 Å². The van der Waals surface area contributed by atoms with Crippen molar-refractivity contribution in [1.29, 1.82) is 0 Å². The van der Waals surface area contributed by atoms with Crippen LogP contribution in [0.2, 0.25) is 0 Å². The summed E-state index contributed by atoms with van der Waals surface area (Å²) in [6, 6.07) is 7.72. The first-order chi connectivity index (χ1) is 12.7. The van der Waals surface area contributed by atoms with Crippen LogP contribution in [0.15, 0.2) is 51.8 Å². The highest BCUT2D eigenvalue weighted by Crippen LogP contribution is 2.29. The highest BCUT2D eigenvalue weighted by molar-refractivity contribution is 9.10. The molecule has 0 aliphatic rings. The van der Waals surface area contributed by atoms with Gasteiger partial charge in [-0.1, -0.05) is 15.9 Å². The monoisotopic (exact) mass is 460 g/mol. The average Bonchev–Trinajstić information content (AvgIpc) is 2.60. The van der Waals surface area contributed by atoms with E-state index in [1.807, 2.05) is 0 Å². The summed E-state index contributed by atoms with van der Waals surface area (Å²) in [5, 5.41) is 10.7. The van der Waals surface area contributed by atoms with Gasteiger partial charge in [0.05, 0.1) is 22.1 Å². The lowest BCUT2D eigenvalue weighted by atomic mass is 10.3. The number of esters is 1. The molecule has 0 unspecified atom stereocenters. The molecular formula is C16H14BrFN2O6S. The van der Waals surface area contributed by atoms with E-state index in [1.54, 1.807) is 6.92 Å². The Bertz CT molecular complexity index is 965. The molecule has 0 radical (unpaired) electrons. The predicted molar refractivity (Wildman–Crippen MR) is 98.4 cm³/mol. The minimum absolute atomic E-state index is 0.0209. The Labute approximate surface area is 162 Å². The summed E-state index contributed by atoms with van der Waals surface area (Å²) < 4.78 is 46.0. The number of benzene rings is 2. The molecule has 0 aliphatic heterocycles. The van der Waals surface area contributed by atoms with Crippen molar-refractivity contribution in [2.45, 2.75) is 11.8 Å². The van der Waals surface area contributed by atoms with Crippen LogP contribution in [0.5, 0.6) is 0 Å². The first-order valence-corrected chi connectivity index (χ1v) is 9.78. The third-order valence-corrected chi connectivity index (χ3v) is 5.66. The number of carbonyl (C=O) groups is 1. The van der Waals surface area contributed by atoms with Crippen LogP contribution in [0.1, 0.15) is 6.92 Å². The summed E-state index contributed by atoms with van der Waals surface area (Å²) >= 11 is 3.07. The third kappa shape index (κ3) is 4.80. The predicted octanol–water partition coefficient (Wildman–Crippen LogP) is 3.25. The number of halogens is 2. The van der Waals surface area contributed by atoms with Gasteiger partial charge in [0.2, 0.25) is 0 Å². The molecule has 2 aromatic rings. The molecule has 2 aromatic carbocycles. The number of hydrogen-bond acceptors (Lipinski definition) is 6. The van der Waals surface area contributed by atoms with Gasteiger partial charge in [0.15, 0.2) is 0 Å². The van der Waals surface area contributed by atoms with Crippen LogP contribution in [-0.2, 0) is 19.6 Å². The maximum atomic E-state index is 14.4. The van der Waals surface area contributed by atoms with Crippen molar-refractivity contribution in [3.63, 3.8) is 0 Å². The molecule has 0 spiro atoms. The number of nitrogens with zero attached hydrogens (tertiary/aromatic N) is 2. The molecule has 0 amide bonds. The lowest BCUT2D eigenvalue weighted by Crippen LogP contribution is -2.37. The van der Waals surface area contributed by atoms with Crippen LogP contribution in [0.25, 0.3) is 0 Å². The zero-order valence-electron chi connectivity index (χ0n) is 14.0. The second kappa shape index (κ2) is 8.44. The van der Waals surface area contributed by atoms with Crippen molar-refractivity contribution in [1.82, 2.24) is 0 Å². The van der Waals surface area contributed by atoms with Crippen LogP contribution in [0.3, 0.4) is 0 Å². The number of non-ortho nitro benzene ring substituents is 1. The van der Waals surface area contributed by atoms with E-state index in [1.165, 1.54) is 12.1 Å². The van der Waals surface area contributed by atoms with E-state index in [0.29, 0.717) is 8.78 Å². The maximum Gasteiger partial charge on any atom is 0.326 e. The van der Waals surface area contributed by atoms with Crippen molar-refractivity contribution >= 4 is 43.3 Å². The van der Waals surface area contributed by atoms with Crippen LogP contribution in [-0.4, -0.2) is 32.5 Å². The molecule has 144 valence electrons. The standard InChI is InChI=1S/C16H14BrFN2O6S/c1-2-26-16(21)10-19(15-8-3-11(17)9-14(15)18)27(24,25)13-6-4-12(5-7-13)20(22)23/h3-9H,2,10H2,1H3. The fourth-order valence-electron chi connectivity index (χ4n) is 2.17. The number of carbonyl (C=O) groups excluding carboxylic acids is 1. The molecule has 0 saturated heterocycles. The molecule has 0 aliphatic carbocycles. The minimum atomic E-state index is -4.39. The lowest BCUT2D eigenvalue weighted by Gasteiger charge is -2.24. The number of hydrogen-bond donors (Lipinski definition) is 0. The SMILES string of the molecule is CCOC(=O)CN(c1ccc(Br)cc1F)S(=O)(=O)c1ccc([N+](=O)[O-])cc1. The Kier molecular flexibility index (Phi) is 6.50. The normalized spacial score (nSPS) is 11.1. The summed E-state index contributed by atoms with van der Waals surface area (Å²) in [6.07, 6.45) is 0. The first kappa shape index (κ1) is 20.8. The lowest BCUT2D eigenvalue weighted by molar-refractivity contribution is -0.384.